The van der Waals surface area contributed by atoms with E-state index in [4.69, 9.17) is 4.74 Å². The third-order valence-electron chi connectivity index (χ3n) is 4.56. The van der Waals surface area contributed by atoms with E-state index in [1.165, 1.54) is 38.5 Å². The number of hydrogen-bond acceptors (Lipinski definition) is 1. The molecular weight excluding hydrogens is 148 g/mol. The minimum absolute atomic E-state index is 0.375. The van der Waals surface area contributed by atoms with Gasteiger partial charge in [0.1, 0.15) is 0 Å². The fraction of sp³-hybridized carbons (Fsp3) is 1.00. The molecule has 0 aromatic rings. The molecule has 12 heavy (non-hydrogen) atoms. The quantitative estimate of drug-likeness (QED) is 0.612. The van der Waals surface area contributed by atoms with Crippen LogP contribution in [0.5, 0.6) is 0 Å². The monoisotopic (exact) mass is 166 g/mol. The molecule has 3 aliphatic rings. The molecular formula is C11H18O. The molecule has 3 rings (SSSR count). The van der Waals surface area contributed by atoms with Gasteiger partial charge in [0.25, 0.3) is 0 Å². The van der Waals surface area contributed by atoms with E-state index in [0.717, 1.165) is 17.8 Å². The highest BCUT2D eigenvalue weighted by Gasteiger charge is 2.57. The van der Waals surface area contributed by atoms with E-state index in [2.05, 4.69) is 0 Å². The molecule has 0 saturated heterocycles. The number of hydrogen-bond donors (Lipinski definition) is 0. The Hall–Kier alpha value is -0.0400. The summed E-state index contributed by atoms with van der Waals surface area (Å²) in [6, 6.07) is 0. The fourth-order valence-corrected chi connectivity index (χ4v) is 3.74. The van der Waals surface area contributed by atoms with Crippen LogP contribution in [0.25, 0.3) is 0 Å². The van der Waals surface area contributed by atoms with Crippen molar-refractivity contribution >= 4 is 0 Å². The maximum absolute atomic E-state index is 5.69. The second-order valence-electron chi connectivity index (χ2n) is 5.05. The Morgan fingerprint density at radius 3 is 2.42 bits per heavy atom. The molecule has 0 aromatic heterocycles. The Morgan fingerprint density at radius 2 is 2.00 bits per heavy atom. The van der Waals surface area contributed by atoms with E-state index in [9.17, 15) is 0 Å². The summed E-state index contributed by atoms with van der Waals surface area (Å²) in [5.74, 6) is 3.06. The zero-order valence-electron chi connectivity index (χ0n) is 7.88. The van der Waals surface area contributed by atoms with Gasteiger partial charge in [-0.15, -0.1) is 0 Å². The Kier molecular flexibility index (Phi) is 1.39. The van der Waals surface area contributed by atoms with Crippen molar-refractivity contribution in [1.29, 1.82) is 0 Å². The molecule has 1 nitrogen and oxygen atoms in total. The van der Waals surface area contributed by atoms with Gasteiger partial charge in [0.2, 0.25) is 0 Å². The van der Waals surface area contributed by atoms with Crippen LogP contribution in [0.4, 0.5) is 0 Å². The molecule has 3 atom stereocenters. The molecule has 0 radical (unpaired) electrons. The molecule has 68 valence electrons. The van der Waals surface area contributed by atoms with Gasteiger partial charge in [0.05, 0.1) is 5.60 Å². The first-order valence-electron chi connectivity index (χ1n) is 5.39. The van der Waals surface area contributed by atoms with Crippen molar-refractivity contribution in [2.24, 2.45) is 17.8 Å². The molecule has 0 spiro atoms. The van der Waals surface area contributed by atoms with E-state index in [1.54, 1.807) is 0 Å². The zero-order valence-corrected chi connectivity index (χ0v) is 7.88. The molecule has 2 bridgehead atoms. The molecule has 3 saturated carbocycles. The number of rotatable bonds is 2. The topological polar surface area (TPSA) is 9.23 Å². The molecule has 0 unspecified atom stereocenters. The summed E-state index contributed by atoms with van der Waals surface area (Å²) < 4.78 is 5.69. The van der Waals surface area contributed by atoms with E-state index in [1.807, 2.05) is 7.11 Å². The second kappa shape index (κ2) is 2.25. The molecule has 0 aliphatic heterocycles. The number of fused-ring (bicyclic) bond motifs is 2. The van der Waals surface area contributed by atoms with Crippen molar-refractivity contribution in [2.45, 2.75) is 44.1 Å². The van der Waals surface area contributed by atoms with Crippen LogP contribution in [0.1, 0.15) is 38.5 Å². The van der Waals surface area contributed by atoms with Crippen LogP contribution in [-0.4, -0.2) is 12.7 Å². The van der Waals surface area contributed by atoms with Crippen molar-refractivity contribution in [3.05, 3.63) is 0 Å². The Morgan fingerprint density at radius 1 is 1.17 bits per heavy atom. The maximum Gasteiger partial charge on any atom is 0.0711 e. The van der Waals surface area contributed by atoms with Gasteiger partial charge in [0, 0.05) is 7.11 Å². The lowest BCUT2D eigenvalue weighted by Gasteiger charge is -2.29. The van der Waals surface area contributed by atoms with Gasteiger partial charge in [-0.2, -0.15) is 0 Å². The summed E-state index contributed by atoms with van der Waals surface area (Å²) in [6.07, 6.45) is 8.71. The first kappa shape index (κ1) is 7.37. The Bertz CT molecular complexity index is 195. The summed E-state index contributed by atoms with van der Waals surface area (Å²) in [6.45, 7) is 0. The van der Waals surface area contributed by atoms with Crippen LogP contribution in [0.15, 0.2) is 0 Å². The summed E-state index contributed by atoms with van der Waals surface area (Å²) >= 11 is 0. The van der Waals surface area contributed by atoms with Crippen molar-refractivity contribution in [3.63, 3.8) is 0 Å². The highest BCUT2D eigenvalue weighted by atomic mass is 16.5. The predicted molar refractivity (Wildman–Crippen MR) is 47.9 cm³/mol. The SMILES string of the molecule is COC1([C@H]2C[C@@H]3CC[C@H]2C3)CC1. The van der Waals surface area contributed by atoms with E-state index < -0.39 is 0 Å². The van der Waals surface area contributed by atoms with Gasteiger partial charge < -0.3 is 4.74 Å². The van der Waals surface area contributed by atoms with Gasteiger partial charge in [-0.25, -0.2) is 0 Å². The van der Waals surface area contributed by atoms with Crippen molar-refractivity contribution < 1.29 is 4.74 Å². The first-order valence-corrected chi connectivity index (χ1v) is 5.39. The van der Waals surface area contributed by atoms with E-state index in [-0.39, 0.29) is 0 Å². The van der Waals surface area contributed by atoms with Crippen LogP contribution in [0, 0.1) is 17.8 Å². The predicted octanol–water partition coefficient (Wildman–Crippen LogP) is 2.60. The van der Waals surface area contributed by atoms with Crippen LogP contribution < -0.4 is 0 Å². The van der Waals surface area contributed by atoms with Gasteiger partial charge in [-0.05, 0) is 49.9 Å². The summed E-state index contributed by atoms with van der Waals surface area (Å²) in [4.78, 5) is 0. The largest absolute Gasteiger partial charge is 0.378 e. The average molecular weight is 166 g/mol. The van der Waals surface area contributed by atoms with Gasteiger partial charge in [0.15, 0.2) is 0 Å². The highest BCUT2D eigenvalue weighted by molar-refractivity contribution is 5.08. The van der Waals surface area contributed by atoms with Crippen molar-refractivity contribution in [2.75, 3.05) is 7.11 Å². The van der Waals surface area contributed by atoms with Gasteiger partial charge >= 0.3 is 0 Å². The van der Waals surface area contributed by atoms with E-state index >= 15 is 0 Å². The van der Waals surface area contributed by atoms with Crippen molar-refractivity contribution in [3.8, 4) is 0 Å². The Labute approximate surface area is 74.5 Å². The number of methoxy groups -OCH3 is 1. The molecule has 3 aliphatic carbocycles. The highest BCUT2D eigenvalue weighted by Crippen LogP contribution is 2.60. The van der Waals surface area contributed by atoms with Gasteiger partial charge in [-0.1, -0.05) is 6.42 Å². The van der Waals surface area contributed by atoms with Crippen LogP contribution >= 0.6 is 0 Å². The minimum atomic E-state index is 0.375. The third kappa shape index (κ3) is 0.834. The lowest BCUT2D eigenvalue weighted by molar-refractivity contribution is 0.00613. The summed E-state index contributed by atoms with van der Waals surface area (Å²) in [5.41, 5.74) is 0.375. The molecule has 0 heterocycles. The molecule has 0 amide bonds. The Balaban J connectivity index is 1.78. The summed E-state index contributed by atoms with van der Waals surface area (Å²) in [5, 5.41) is 0. The minimum Gasteiger partial charge on any atom is -0.378 e. The van der Waals surface area contributed by atoms with Gasteiger partial charge in [-0.3, -0.25) is 0 Å². The third-order valence-corrected chi connectivity index (χ3v) is 4.56. The van der Waals surface area contributed by atoms with Crippen LogP contribution in [0.3, 0.4) is 0 Å². The number of ether oxygens (including phenoxy) is 1. The lowest BCUT2D eigenvalue weighted by atomic mass is 9.83. The molecule has 3 fully saturated rings. The summed E-state index contributed by atoms with van der Waals surface area (Å²) in [7, 11) is 1.92. The van der Waals surface area contributed by atoms with E-state index in [0.29, 0.717) is 5.60 Å². The second-order valence-corrected chi connectivity index (χ2v) is 5.05. The molecule has 1 heteroatoms. The maximum atomic E-state index is 5.69. The van der Waals surface area contributed by atoms with Crippen molar-refractivity contribution in [1.82, 2.24) is 0 Å². The standard InChI is InChI=1S/C11H18O/c1-12-11(4-5-11)10-7-8-2-3-9(10)6-8/h8-10H,2-7H2,1H3/t8-,9+,10+/m1/s1. The normalized spacial score (nSPS) is 48.2. The fourth-order valence-electron chi connectivity index (χ4n) is 3.74. The van der Waals surface area contributed by atoms with Crippen LogP contribution in [-0.2, 0) is 4.74 Å². The zero-order chi connectivity index (χ0) is 8.18. The average Bonchev–Trinajstić information content (AvgIpc) is 2.62. The smallest absolute Gasteiger partial charge is 0.0711 e. The molecule has 0 aromatic carbocycles. The lowest BCUT2D eigenvalue weighted by Crippen LogP contribution is -2.29. The van der Waals surface area contributed by atoms with Crippen LogP contribution in [0.2, 0.25) is 0 Å². The molecule has 0 N–H and O–H groups in total. The first-order chi connectivity index (χ1) is 5.84.